The lowest BCUT2D eigenvalue weighted by Gasteiger charge is -2.00. The second kappa shape index (κ2) is 4.96. The molecule has 4 nitrogen and oxygen atoms in total. The molecule has 1 aromatic carbocycles. The van der Waals surface area contributed by atoms with Crippen LogP contribution in [0.2, 0.25) is 0 Å². The van der Waals surface area contributed by atoms with Gasteiger partial charge in [0, 0.05) is 11.1 Å². The Kier molecular flexibility index (Phi) is 3.60. The SMILES string of the molecule is O=CNCc1ccc(C(=O)OF)cc1. The van der Waals surface area contributed by atoms with Crippen LogP contribution in [-0.4, -0.2) is 12.4 Å². The van der Waals surface area contributed by atoms with Crippen molar-refractivity contribution in [2.75, 3.05) is 0 Å². The molecule has 0 aliphatic carbocycles. The van der Waals surface area contributed by atoms with Crippen molar-refractivity contribution in [2.24, 2.45) is 0 Å². The summed E-state index contributed by atoms with van der Waals surface area (Å²) >= 11 is 0. The van der Waals surface area contributed by atoms with Crippen LogP contribution in [0.5, 0.6) is 0 Å². The van der Waals surface area contributed by atoms with Crippen molar-refractivity contribution in [1.29, 1.82) is 0 Å². The number of halogens is 1. The van der Waals surface area contributed by atoms with E-state index in [1.807, 2.05) is 0 Å². The van der Waals surface area contributed by atoms with E-state index in [4.69, 9.17) is 0 Å². The first-order valence-electron chi connectivity index (χ1n) is 3.87. The van der Waals surface area contributed by atoms with Crippen LogP contribution < -0.4 is 5.32 Å². The normalized spacial score (nSPS) is 9.21. The lowest BCUT2D eigenvalue weighted by molar-refractivity contribution is -0.109. The van der Waals surface area contributed by atoms with Crippen LogP contribution in [0.25, 0.3) is 0 Å². The number of benzene rings is 1. The molecule has 0 aliphatic rings. The first kappa shape index (κ1) is 10.2. The molecule has 0 radical (unpaired) electrons. The highest BCUT2D eigenvalue weighted by molar-refractivity contribution is 5.88. The third-order valence-corrected chi connectivity index (χ3v) is 1.65. The van der Waals surface area contributed by atoms with E-state index >= 15 is 0 Å². The minimum Gasteiger partial charge on any atom is -0.355 e. The van der Waals surface area contributed by atoms with Gasteiger partial charge in [-0.3, -0.25) is 4.79 Å². The Morgan fingerprint density at radius 2 is 2.07 bits per heavy atom. The molecule has 1 aromatic rings. The van der Waals surface area contributed by atoms with Crippen LogP contribution >= 0.6 is 0 Å². The van der Waals surface area contributed by atoms with Gasteiger partial charge in [-0.25, -0.2) is 9.74 Å². The molecule has 1 amide bonds. The highest BCUT2D eigenvalue weighted by Crippen LogP contribution is 2.05. The smallest absolute Gasteiger partial charge is 0.355 e. The molecule has 0 atom stereocenters. The number of nitrogens with one attached hydrogen (secondary N) is 1. The Hall–Kier alpha value is -1.91. The summed E-state index contributed by atoms with van der Waals surface area (Å²) in [5.74, 6) is -1.03. The summed E-state index contributed by atoms with van der Waals surface area (Å²) in [7, 11) is 0. The van der Waals surface area contributed by atoms with Crippen molar-refractivity contribution in [2.45, 2.75) is 6.54 Å². The molecule has 0 heterocycles. The second-order valence-corrected chi connectivity index (χ2v) is 2.56. The van der Waals surface area contributed by atoms with Crippen molar-refractivity contribution in [3.05, 3.63) is 35.4 Å². The fourth-order valence-corrected chi connectivity index (χ4v) is 0.963. The lowest BCUT2D eigenvalue weighted by Crippen LogP contribution is -2.09. The average molecular weight is 197 g/mol. The van der Waals surface area contributed by atoms with Crippen LogP contribution in [0.1, 0.15) is 15.9 Å². The van der Waals surface area contributed by atoms with Crippen molar-refractivity contribution in [1.82, 2.24) is 5.32 Å². The zero-order chi connectivity index (χ0) is 10.4. The monoisotopic (exact) mass is 197 g/mol. The fourth-order valence-electron chi connectivity index (χ4n) is 0.963. The van der Waals surface area contributed by atoms with E-state index in [-0.39, 0.29) is 5.56 Å². The van der Waals surface area contributed by atoms with Crippen LogP contribution in [0.3, 0.4) is 0 Å². The third-order valence-electron chi connectivity index (χ3n) is 1.65. The van der Waals surface area contributed by atoms with Gasteiger partial charge < -0.3 is 5.32 Å². The molecule has 0 spiro atoms. The van der Waals surface area contributed by atoms with E-state index in [9.17, 15) is 14.1 Å². The quantitative estimate of drug-likeness (QED) is 0.732. The summed E-state index contributed by atoms with van der Waals surface area (Å²) in [5.41, 5.74) is 0.940. The van der Waals surface area contributed by atoms with Crippen LogP contribution in [0.4, 0.5) is 4.53 Å². The lowest BCUT2D eigenvalue weighted by atomic mass is 10.1. The fraction of sp³-hybridized carbons (Fsp3) is 0.111. The highest BCUT2D eigenvalue weighted by atomic mass is 19.3. The van der Waals surface area contributed by atoms with Gasteiger partial charge in [-0.2, -0.15) is 0 Å². The number of amides is 1. The molecule has 0 saturated carbocycles. The third kappa shape index (κ3) is 2.55. The zero-order valence-corrected chi connectivity index (χ0v) is 7.20. The van der Waals surface area contributed by atoms with Gasteiger partial charge in [0.05, 0.1) is 5.56 Å². The summed E-state index contributed by atoms with van der Waals surface area (Å²) in [6.07, 6.45) is 0.573. The van der Waals surface area contributed by atoms with Gasteiger partial charge in [0.1, 0.15) is 0 Å². The van der Waals surface area contributed by atoms with Crippen molar-refractivity contribution in [3.8, 4) is 0 Å². The van der Waals surface area contributed by atoms with Gasteiger partial charge in [0.2, 0.25) is 6.41 Å². The largest absolute Gasteiger partial charge is 0.379 e. The van der Waals surface area contributed by atoms with Gasteiger partial charge in [0.15, 0.2) is 0 Å². The topological polar surface area (TPSA) is 55.4 Å². The number of carbonyl (C=O) groups excluding carboxylic acids is 2. The van der Waals surface area contributed by atoms with Crippen molar-refractivity contribution < 1.29 is 19.1 Å². The molecule has 0 saturated heterocycles. The standard InChI is InChI=1S/C9H8FNO3/c10-14-9(13)8-3-1-7(2-4-8)5-11-6-12/h1-4,6H,5H2,(H,11,12). The summed E-state index contributed by atoms with van der Waals surface area (Å²) < 4.78 is 11.5. The number of carbonyl (C=O) groups is 2. The maximum atomic E-state index is 11.5. The van der Waals surface area contributed by atoms with Gasteiger partial charge in [-0.1, -0.05) is 12.1 Å². The maximum absolute atomic E-state index is 11.5. The molecule has 0 bridgehead atoms. The predicted octanol–water partition coefficient (Wildman–Crippen LogP) is 0.974. The molecule has 14 heavy (non-hydrogen) atoms. The molecular formula is C9H8FNO3. The van der Waals surface area contributed by atoms with Gasteiger partial charge >= 0.3 is 5.97 Å². The number of rotatable bonds is 4. The van der Waals surface area contributed by atoms with E-state index in [0.29, 0.717) is 13.0 Å². The molecular weight excluding hydrogens is 189 g/mol. The van der Waals surface area contributed by atoms with Crippen LogP contribution in [0.15, 0.2) is 24.3 Å². The predicted molar refractivity (Wildman–Crippen MR) is 45.9 cm³/mol. The molecule has 1 N–H and O–H groups in total. The average Bonchev–Trinajstić information content (AvgIpc) is 2.26. The summed E-state index contributed by atoms with van der Waals surface area (Å²) in [6.45, 7) is 0.369. The molecule has 0 aliphatic heterocycles. The first-order chi connectivity index (χ1) is 6.77. The van der Waals surface area contributed by atoms with E-state index in [2.05, 4.69) is 10.3 Å². The summed E-state index contributed by atoms with van der Waals surface area (Å²) in [6, 6.07) is 6.04. The molecule has 74 valence electrons. The first-order valence-corrected chi connectivity index (χ1v) is 3.87. The molecule has 0 fully saturated rings. The number of hydrogen-bond donors (Lipinski definition) is 1. The molecule has 5 heteroatoms. The Bertz CT molecular complexity index is 323. The van der Waals surface area contributed by atoms with Gasteiger partial charge in [-0.05, 0) is 17.7 Å². The van der Waals surface area contributed by atoms with E-state index in [0.717, 1.165) is 5.56 Å². The van der Waals surface area contributed by atoms with Gasteiger partial charge in [0.25, 0.3) is 0 Å². The Morgan fingerprint density at radius 3 is 2.57 bits per heavy atom. The van der Waals surface area contributed by atoms with Gasteiger partial charge in [-0.15, -0.1) is 0 Å². The minimum absolute atomic E-state index is 0.127. The van der Waals surface area contributed by atoms with Crippen LogP contribution in [0, 0.1) is 0 Å². The Labute approximate surface area is 79.6 Å². The van der Waals surface area contributed by atoms with E-state index in [1.165, 1.54) is 12.1 Å². The Balaban J connectivity index is 2.68. The highest BCUT2D eigenvalue weighted by Gasteiger charge is 2.06. The van der Waals surface area contributed by atoms with Crippen molar-refractivity contribution >= 4 is 12.4 Å². The maximum Gasteiger partial charge on any atom is 0.379 e. The van der Waals surface area contributed by atoms with E-state index in [1.54, 1.807) is 12.1 Å². The Morgan fingerprint density at radius 1 is 1.43 bits per heavy atom. The minimum atomic E-state index is -1.03. The summed E-state index contributed by atoms with van der Waals surface area (Å²) in [4.78, 5) is 23.7. The summed E-state index contributed by atoms with van der Waals surface area (Å²) in [5, 5.41) is 2.46. The van der Waals surface area contributed by atoms with Crippen LogP contribution in [-0.2, 0) is 16.3 Å². The van der Waals surface area contributed by atoms with Crippen molar-refractivity contribution in [3.63, 3.8) is 0 Å². The molecule has 0 aromatic heterocycles. The molecule has 0 unspecified atom stereocenters. The van der Waals surface area contributed by atoms with E-state index < -0.39 is 5.97 Å². The zero-order valence-electron chi connectivity index (χ0n) is 7.20. The molecule has 1 rings (SSSR count). The second-order valence-electron chi connectivity index (χ2n) is 2.56. The number of hydrogen-bond acceptors (Lipinski definition) is 3.